The molecule has 1 amide bonds. The SMILES string of the molecule is COCCCNc1cnc(C(=O)Nc2ccc(F)c(F)c2F)cn1. The average molecular weight is 340 g/mol. The van der Waals surface area contributed by atoms with Crippen molar-refractivity contribution in [3.8, 4) is 0 Å². The van der Waals surface area contributed by atoms with Gasteiger partial charge in [0.1, 0.15) is 11.5 Å². The van der Waals surface area contributed by atoms with Gasteiger partial charge in [0.25, 0.3) is 5.91 Å². The van der Waals surface area contributed by atoms with Gasteiger partial charge in [-0.3, -0.25) is 4.79 Å². The summed E-state index contributed by atoms with van der Waals surface area (Å²) in [5, 5.41) is 5.10. The van der Waals surface area contributed by atoms with Gasteiger partial charge >= 0.3 is 0 Å². The minimum atomic E-state index is -1.66. The number of rotatable bonds is 7. The molecular formula is C15H15F3N4O2. The lowest BCUT2D eigenvalue weighted by Gasteiger charge is -2.08. The van der Waals surface area contributed by atoms with Crippen LogP contribution in [0.25, 0.3) is 0 Å². The molecule has 0 spiro atoms. The van der Waals surface area contributed by atoms with Crippen LogP contribution < -0.4 is 10.6 Å². The first-order chi connectivity index (χ1) is 11.5. The zero-order valence-electron chi connectivity index (χ0n) is 12.8. The number of methoxy groups -OCH3 is 1. The number of amides is 1. The number of benzene rings is 1. The zero-order valence-corrected chi connectivity index (χ0v) is 12.8. The summed E-state index contributed by atoms with van der Waals surface area (Å²) in [5.74, 6) is -4.81. The maximum Gasteiger partial charge on any atom is 0.275 e. The average Bonchev–Trinajstić information content (AvgIpc) is 2.59. The number of nitrogens with one attached hydrogen (secondary N) is 2. The highest BCUT2D eigenvalue weighted by molar-refractivity contribution is 6.02. The molecule has 1 aromatic heterocycles. The van der Waals surface area contributed by atoms with Gasteiger partial charge in [-0.1, -0.05) is 0 Å². The van der Waals surface area contributed by atoms with E-state index in [1.54, 1.807) is 7.11 Å². The number of ether oxygens (including phenoxy) is 1. The van der Waals surface area contributed by atoms with Crippen molar-refractivity contribution < 1.29 is 22.7 Å². The van der Waals surface area contributed by atoms with Crippen molar-refractivity contribution in [2.75, 3.05) is 30.9 Å². The first kappa shape index (κ1) is 17.7. The Morgan fingerprint density at radius 1 is 1.17 bits per heavy atom. The molecule has 1 aromatic carbocycles. The lowest BCUT2D eigenvalue weighted by atomic mass is 10.2. The fourth-order valence-electron chi connectivity index (χ4n) is 1.78. The molecule has 2 aromatic rings. The summed E-state index contributed by atoms with van der Waals surface area (Å²) in [5.41, 5.74) is -0.580. The largest absolute Gasteiger partial charge is 0.385 e. The van der Waals surface area contributed by atoms with Gasteiger partial charge in [-0.05, 0) is 18.6 Å². The molecule has 6 nitrogen and oxygen atoms in total. The van der Waals surface area contributed by atoms with Gasteiger partial charge in [0, 0.05) is 20.3 Å². The molecule has 128 valence electrons. The second-order valence-electron chi connectivity index (χ2n) is 4.74. The second kappa shape index (κ2) is 8.25. The lowest BCUT2D eigenvalue weighted by Crippen LogP contribution is -2.16. The molecule has 1 heterocycles. The van der Waals surface area contributed by atoms with Gasteiger partial charge in [0.15, 0.2) is 17.5 Å². The van der Waals surface area contributed by atoms with Crippen LogP contribution in [-0.4, -0.2) is 36.1 Å². The normalized spacial score (nSPS) is 10.5. The molecule has 24 heavy (non-hydrogen) atoms. The molecule has 0 fully saturated rings. The van der Waals surface area contributed by atoms with Crippen molar-refractivity contribution in [3.05, 3.63) is 47.7 Å². The molecule has 2 rings (SSSR count). The van der Waals surface area contributed by atoms with E-state index >= 15 is 0 Å². The number of hydrogen-bond donors (Lipinski definition) is 2. The number of hydrogen-bond acceptors (Lipinski definition) is 5. The van der Waals surface area contributed by atoms with Gasteiger partial charge in [0.05, 0.1) is 18.1 Å². The van der Waals surface area contributed by atoms with E-state index in [4.69, 9.17) is 4.74 Å². The fraction of sp³-hybridized carbons (Fsp3) is 0.267. The van der Waals surface area contributed by atoms with E-state index in [0.717, 1.165) is 12.5 Å². The Morgan fingerprint density at radius 3 is 2.62 bits per heavy atom. The van der Waals surface area contributed by atoms with Gasteiger partial charge in [-0.15, -0.1) is 0 Å². The first-order valence-electron chi connectivity index (χ1n) is 7.02. The summed E-state index contributed by atoms with van der Waals surface area (Å²) in [6.07, 6.45) is 3.30. The zero-order chi connectivity index (χ0) is 17.5. The Bertz CT molecular complexity index is 711. The predicted molar refractivity (Wildman–Crippen MR) is 81.3 cm³/mol. The Balaban J connectivity index is 1.99. The lowest BCUT2D eigenvalue weighted by molar-refractivity contribution is 0.102. The van der Waals surface area contributed by atoms with Crippen molar-refractivity contribution in [1.29, 1.82) is 0 Å². The van der Waals surface area contributed by atoms with Gasteiger partial charge in [-0.25, -0.2) is 23.1 Å². The summed E-state index contributed by atoms with van der Waals surface area (Å²) in [6.45, 7) is 1.22. The van der Waals surface area contributed by atoms with Crippen molar-refractivity contribution in [3.63, 3.8) is 0 Å². The van der Waals surface area contributed by atoms with E-state index in [-0.39, 0.29) is 5.69 Å². The Kier molecular flexibility index (Phi) is 6.07. The summed E-state index contributed by atoms with van der Waals surface area (Å²) < 4.78 is 44.4. The van der Waals surface area contributed by atoms with Crippen molar-refractivity contribution >= 4 is 17.4 Å². The summed E-state index contributed by atoms with van der Waals surface area (Å²) in [7, 11) is 1.60. The summed E-state index contributed by atoms with van der Waals surface area (Å²) in [4.78, 5) is 19.8. The number of aromatic nitrogens is 2. The third kappa shape index (κ3) is 4.42. The van der Waals surface area contributed by atoms with E-state index in [0.29, 0.717) is 25.0 Å². The first-order valence-corrected chi connectivity index (χ1v) is 7.02. The fourth-order valence-corrected chi connectivity index (χ4v) is 1.78. The van der Waals surface area contributed by atoms with E-state index in [2.05, 4.69) is 20.6 Å². The van der Waals surface area contributed by atoms with Crippen molar-refractivity contribution in [1.82, 2.24) is 9.97 Å². The minimum absolute atomic E-state index is 0.0958. The van der Waals surface area contributed by atoms with Crippen LogP contribution in [0.15, 0.2) is 24.5 Å². The summed E-state index contributed by atoms with van der Waals surface area (Å²) in [6, 6.07) is 1.64. The third-order valence-corrected chi connectivity index (χ3v) is 3.00. The van der Waals surface area contributed by atoms with Crippen LogP contribution in [0.5, 0.6) is 0 Å². The topological polar surface area (TPSA) is 76.1 Å². The van der Waals surface area contributed by atoms with E-state index in [1.807, 2.05) is 0 Å². The van der Waals surface area contributed by atoms with Gasteiger partial charge in [-0.2, -0.15) is 0 Å². The van der Waals surface area contributed by atoms with Crippen LogP contribution in [0, 0.1) is 17.5 Å². The molecule has 0 aliphatic carbocycles. The molecule has 0 aliphatic heterocycles. The predicted octanol–water partition coefficient (Wildman–Crippen LogP) is 2.59. The van der Waals surface area contributed by atoms with Crippen LogP contribution in [0.2, 0.25) is 0 Å². The van der Waals surface area contributed by atoms with Crippen LogP contribution in [0.4, 0.5) is 24.7 Å². The smallest absolute Gasteiger partial charge is 0.275 e. The monoisotopic (exact) mass is 340 g/mol. The van der Waals surface area contributed by atoms with Crippen LogP contribution >= 0.6 is 0 Å². The van der Waals surface area contributed by atoms with Crippen molar-refractivity contribution in [2.45, 2.75) is 6.42 Å². The highest BCUT2D eigenvalue weighted by atomic mass is 19.2. The number of nitrogens with zero attached hydrogens (tertiary/aromatic N) is 2. The third-order valence-electron chi connectivity index (χ3n) is 3.00. The Morgan fingerprint density at radius 2 is 1.96 bits per heavy atom. The van der Waals surface area contributed by atoms with E-state index in [1.165, 1.54) is 12.4 Å². The molecule has 9 heteroatoms. The highest BCUT2D eigenvalue weighted by Crippen LogP contribution is 2.20. The molecule has 0 bridgehead atoms. The van der Waals surface area contributed by atoms with Crippen LogP contribution in [0.1, 0.15) is 16.9 Å². The molecule has 2 N–H and O–H groups in total. The maximum atomic E-state index is 13.5. The van der Waals surface area contributed by atoms with Crippen molar-refractivity contribution in [2.24, 2.45) is 0 Å². The molecule has 0 saturated carbocycles. The number of carbonyl (C=O) groups is 1. The molecular weight excluding hydrogens is 325 g/mol. The molecule has 0 radical (unpaired) electrons. The molecule has 0 aliphatic rings. The number of carbonyl (C=O) groups excluding carboxylic acids is 1. The second-order valence-corrected chi connectivity index (χ2v) is 4.74. The standard InChI is InChI=1S/C15H15F3N4O2/c1-24-6-2-5-19-12-8-20-11(7-21-12)15(23)22-10-4-3-9(16)13(17)14(10)18/h3-4,7-8H,2,5-6H2,1H3,(H,19,21)(H,22,23). The van der Waals surface area contributed by atoms with E-state index in [9.17, 15) is 18.0 Å². The quantitative estimate of drug-likeness (QED) is 0.598. The molecule has 0 saturated heterocycles. The highest BCUT2D eigenvalue weighted by Gasteiger charge is 2.16. The Hall–Kier alpha value is -2.68. The maximum absolute atomic E-state index is 13.5. The summed E-state index contributed by atoms with van der Waals surface area (Å²) >= 11 is 0. The van der Waals surface area contributed by atoms with E-state index < -0.39 is 29.0 Å². The Labute approximate surface area is 136 Å². The minimum Gasteiger partial charge on any atom is -0.385 e. The van der Waals surface area contributed by atoms with Crippen LogP contribution in [0.3, 0.4) is 0 Å². The van der Waals surface area contributed by atoms with Gasteiger partial charge < -0.3 is 15.4 Å². The molecule has 0 atom stereocenters. The molecule has 0 unspecified atom stereocenters. The van der Waals surface area contributed by atoms with Gasteiger partial charge in [0.2, 0.25) is 0 Å². The number of halogens is 3. The van der Waals surface area contributed by atoms with Crippen LogP contribution in [-0.2, 0) is 4.74 Å². The number of anilines is 2.